The lowest BCUT2D eigenvalue weighted by Crippen LogP contribution is -2.00. The summed E-state index contributed by atoms with van der Waals surface area (Å²) in [5.41, 5.74) is 12.3. The third kappa shape index (κ3) is 6.09. The minimum absolute atomic E-state index is 0.644. The Morgan fingerprint density at radius 1 is 0.273 bits per heavy atom. The van der Waals surface area contributed by atoms with Crippen molar-refractivity contribution in [3.8, 4) is 78.7 Å². The number of nitrogens with zero attached hydrogens (tertiary/aromatic N) is 3. The second-order valence-electron chi connectivity index (χ2n) is 13.5. The van der Waals surface area contributed by atoms with Crippen molar-refractivity contribution in [1.29, 1.82) is 0 Å². The molecule has 0 saturated heterocycles. The first-order chi connectivity index (χ1) is 27.3. The average Bonchev–Trinajstić information content (AvgIpc) is 3.67. The van der Waals surface area contributed by atoms with Crippen LogP contribution in [0.3, 0.4) is 0 Å². The molecule has 0 radical (unpaired) electrons. The molecule has 0 bridgehead atoms. The van der Waals surface area contributed by atoms with Crippen LogP contribution in [-0.2, 0) is 0 Å². The summed E-state index contributed by atoms with van der Waals surface area (Å²) in [6.07, 6.45) is 0. The Labute approximate surface area is 323 Å². The van der Waals surface area contributed by atoms with Gasteiger partial charge >= 0.3 is 0 Å². The van der Waals surface area contributed by atoms with Crippen LogP contribution in [0.4, 0.5) is 0 Å². The van der Waals surface area contributed by atoms with Gasteiger partial charge in [-0.1, -0.05) is 182 Å². The molecule has 258 valence electrons. The highest BCUT2D eigenvalue weighted by atomic mass is 32.1. The van der Waals surface area contributed by atoms with Crippen molar-refractivity contribution in [3.63, 3.8) is 0 Å². The molecule has 4 heteroatoms. The lowest BCUT2D eigenvalue weighted by molar-refractivity contribution is 1.08. The van der Waals surface area contributed by atoms with Crippen LogP contribution < -0.4 is 0 Å². The lowest BCUT2D eigenvalue weighted by atomic mass is 9.91. The third-order valence-electron chi connectivity index (χ3n) is 10.2. The standard InChI is InChI=1S/C51H33N3S/c1-6-18-34(19-7-1)39-32-44(36-22-10-3-11-23-36)47-45(33-39)46-43(31-30-42(48(46)55-47)41-29-17-16-28-40(41)35-20-8-2-9-21-35)51-53-49(37-24-12-4-13-25-37)52-50(54-51)38-26-14-5-15-27-38/h1-33H. The molecule has 0 aliphatic heterocycles. The van der Waals surface area contributed by atoms with Crippen molar-refractivity contribution in [2.75, 3.05) is 0 Å². The molecule has 0 fully saturated rings. The number of rotatable bonds is 7. The predicted octanol–water partition coefficient (Wildman–Crippen LogP) is 13.9. The van der Waals surface area contributed by atoms with Gasteiger partial charge in [0.25, 0.3) is 0 Å². The summed E-state index contributed by atoms with van der Waals surface area (Å²) in [6.45, 7) is 0. The molecule has 10 rings (SSSR count). The zero-order valence-corrected chi connectivity index (χ0v) is 30.6. The Kier molecular flexibility index (Phi) is 8.36. The van der Waals surface area contributed by atoms with E-state index in [9.17, 15) is 0 Å². The fraction of sp³-hybridized carbons (Fsp3) is 0. The first-order valence-corrected chi connectivity index (χ1v) is 19.3. The summed E-state index contributed by atoms with van der Waals surface area (Å²) in [7, 11) is 0. The first-order valence-electron chi connectivity index (χ1n) is 18.4. The van der Waals surface area contributed by atoms with E-state index in [0.29, 0.717) is 17.5 Å². The lowest BCUT2D eigenvalue weighted by Gasteiger charge is -2.14. The van der Waals surface area contributed by atoms with E-state index >= 15 is 0 Å². The van der Waals surface area contributed by atoms with Crippen molar-refractivity contribution in [1.82, 2.24) is 15.0 Å². The number of aromatic nitrogens is 3. The average molecular weight is 720 g/mol. The van der Waals surface area contributed by atoms with E-state index in [1.54, 1.807) is 0 Å². The molecule has 0 unspecified atom stereocenters. The minimum Gasteiger partial charge on any atom is -0.208 e. The Morgan fingerprint density at radius 3 is 1.27 bits per heavy atom. The number of hydrogen-bond acceptors (Lipinski definition) is 4. The van der Waals surface area contributed by atoms with Gasteiger partial charge in [-0.3, -0.25) is 0 Å². The molecule has 2 aromatic heterocycles. The highest BCUT2D eigenvalue weighted by molar-refractivity contribution is 7.27. The SMILES string of the molecule is c1ccc(-c2cc(-c3ccccc3)c3sc4c(-c5ccccc5-c5ccccc5)ccc(-c5nc(-c6ccccc6)nc(-c6ccccc6)n5)c4c3c2)cc1. The predicted molar refractivity (Wildman–Crippen MR) is 231 cm³/mol. The van der Waals surface area contributed by atoms with Crippen LogP contribution in [-0.4, -0.2) is 15.0 Å². The Bertz CT molecular complexity index is 2890. The maximum atomic E-state index is 5.25. The summed E-state index contributed by atoms with van der Waals surface area (Å²) < 4.78 is 2.42. The summed E-state index contributed by atoms with van der Waals surface area (Å²) in [5.74, 6) is 1.93. The van der Waals surface area contributed by atoms with Gasteiger partial charge in [0, 0.05) is 48.0 Å². The number of fused-ring (bicyclic) bond motifs is 3. The molecule has 0 saturated carbocycles. The van der Waals surface area contributed by atoms with Crippen LogP contribution in [0, 0.1) is 0 Å². The molecule has 8 aromatic carbocycles. The monoisotopic (exact) mass is 719 g/mol. The van der Waals surface area contributed by atoms with Crippen LogP contribution in [0.1, 0.15) is 0 Å². The van der Waals surface area contributed by atoms with E-state index in [1.165, 1.54) is 59.3 Å². The third-order valence-corrected chi connectivity index (χ3v) is 11.4. The Balaban J connectivity index is 1.33. The highest BCUT2D eigenvalue weighted by Gasteiger charge is 2.23. The molecule has 0 N–H and O–H groups in total. The van der Waals surface area contributed by atoms with E-state index in [4.69, 9.17) is 15.0 Å². The second-order valence-corrected chi connectivity index (χ2v) is 14.6. The summed E-state index contributed by atoms with van der Waals surface area (Å²) >= 11 is 1.85. The molecule has 10 aromatic rings. The summed E-state index contributed by atoms with van der Waals surface area (Å²) in [6, 6.07) is 70.4. The molecule has 0 amide bonds. The van der Waals surface area contributed by atoms with Crippen LogP contribution >= 0.6 is 11.3 Å². The molecular weight excluding hydrogens is 687 g/mol. The van der Waals surface area contributed by atoms with E-state index in [1.807, 2.05) is 47.7 Å². The molecule has 0 aliphatic carbocycles. The van der Waals surface area contributed by atoms with Crippen LogP contribution in [0.2, 0.25) is 0 Å². The number of thiophene rings is 1. The molecule has 0 aliphatic rings. The van der Waals surface area contributed by atoms with Gasteiger partial charge in [-0.25, -0.2) is 15.0 Å². The van der Waals surface area contributed by atoms with Gasteiger partial charge < -0.3 is 0 Å². The highest BCUT2D eigenvalue weighted by Crippen LogP contribution is 2.50. The molecule has 55 heavy (non-hydrogen) atoms. The van der Waals surface area contributed by atoms with Gasteiger partial charge in [0.15, 0.2) is 17.5 Å². The zero-order valence-electron chi connectivity index (χ0n) is 29.8. The number of benzene rings is 8. The van der Waals surface area contributed by atoms with Gasteiger partial charge in [-0.15, -0.1) is 11.3 Å². The fourth-order valence-electron chi connectivity index (χ4n) is 7.53. The van der Waals surface area contributed by atoms with E-state index < -0.39 is 0 Å². The molecule has 0 atom stereocenters. The van der Waals surface area contributed by atoms with E-state index in [-0.39, 0.29) is 0 Å². The van der Waals surface area contributed by atoms with Crippen molar-refractivity contribution >= 4 is 31.5 Å². The van der Waals surface area contributed by atoms with Crippen LogP contribution in [0.25, 0.3) is 98.8 Å². The molecular formula is C51H33N3S. The maximum absolute atomic E-state index is 5.25. The smallest absolute Gasteiger partial charge is 0.164 e. The Hall–Kier alpha value is -7.01. The summed E-state index contributed by atoms with van der Waals surface area (Å²) in [4.78, 5) is 15.5. The molecule has 3 nitrogen and oxygen atoms in total. The first kappa shape index (κ1) is 32.6. The van der Waals surface area contributed by atoms with E-state index in [2.05, 4.69) is 164 Å². The van der Waals surface area contributed by atoms with Crippen molar-refractivity contribution in [2.45, 2.75) is 0 Å². The van der Waals surface area contributed by atoms with Crippen molar-refractivity contribution in [3.05, 3.63) is 200 Å². The second kappa shape index (κ2) is 14.1. The molecule has 2 heterocycles. The summed E-state index contributed by atoms with van der Waals surface area (Å²) in [5, 5.41) is 2.32. The fourth-order valence-corrected chi connectivity index (χ4v) is 8.90. The number of hydrogen-bond donors (Lipinski definition) is 0. The van der Waals surface area contributed by atoms with Gasteiger partial charge in [0.1, 0.15) is 0 Å². The van der Waals surface area contributed by atoms with Crippen molar-refractivity contribution in [2.24, 2.45) is 0 Å². The quantitative estimate of drug-likeness (QED) is 0.165. The molecule has 0 spiro atoms. The van der Waals surface area contributed by atoms with Gasteiger partial charge in [0.2, 0.25) is 0 Å². The van der Waals surface area contributed by atoms with Gasteiger partial charge in [0.05, 0.1) is 0 Å². The van der Waals surface area contributed by atoms with Crippen LogP contribution in [0.15, 0.2) is 200 Å². The topological polar surface area (TPSA) is 38.7 Å². The largest absolute Gasteiger partial charge is 0.208 e. The van der Waals surface area contributed by atoms with Crippen LogP contribution in [0.5, 0.6) is 0 Å². The minimum atomic E-state index is 0.644. The normalized spacial score (nSPS) is 11.3. The van der Waals surface area contributed by atoms with Crippen molar-refractivity contribution < 1.29 is 0 Å². The Morgan fingerprint density at radius 2 is 0.709 bits per heavy atom. The van der Waals surface area contributed by atoms with E-state index in [0.717, 1.165) is 22.1 Å². The zero-order chi connectivity index (χ0) is 36.6. The van der Waals surface area contributed by atoms with Gasteiger partial charge in [-0.2, -0.15) is 0 Å². The maximum Gasteiger partial charge on any atom is 0.164 e. The van der Waals surface area contributed by atoms with Gasteiger partial charge in [-0.05, 0) is 51.6 Å².